The molecule has 4 atom stereocenters. The van der Waals surface area contributed by atoms with Gasteiger partial charge in [0.05, 0.1) is 42.0 Å². The number of nitrogens with zero attached hydrogens (tertiary/aromatic N) is 4. The topological polar surface area (TPSA) is 143 Å². The third-order valence-electron chi connectivity index (χ3n) is 10.7. The largest absolute Gasteiger partial charge is 0.482 e. The molecule has 0 unspecified atom stereocenters. The fourth-order valence-corrected chi connectivity index (χ4v) is 10.9. The lowest BCUT2D eigenvalue weighted by Crippen LogP contribution is -2.45. The minimum absolute atomic E-state index is 0.0154. The summed E-state index contributed by atoms with van der Waals surface area (Å²) in [5, 5.41) is 21.9. The van der Waals surface area contributed by atoms with E-state index < -0.39 is 42.4 Å². The minimum atomic E-state index is -3.68. The zero-order valence-electron chi connectivity index (χ0n) is 30.2. The van der Waals surface area contributed by atoms with E-state index in [-0.39, 0.29) is 62.3 Å². The van der Waals surface area contributed by atoms with Gasteiger partial charge in [0, 0.05) is 47.9 Å². The van der Waals surface area contributed by atoms with Gasteiger partial charge in [-0.15, -0.1) is 0 Å². The van der Waals surface area contributed by atoms with Gasteiger partial charge < -0.3 is 28.5 Å². The smallest absolute Gasteiger partial charge is 0.269 e. The molecule has 3 amide bonds. The third kappa shape index (κ3) is 6.54. The average Bonchev–Trinajstić information content (AvgIpc) is 3.57. The predicted molar refractivity (Wildman–Crippen MR) is 201 cm³/mol. The molecule has 3 aliphatic rings. The Balaban J connectivity index is 1.24. The molecule has 12 nitrogen and oxygen atoms in total. The van der Waals surface area contributed by atoms with E-state index in [1.165, 1.54) is 41.1 Å². The van der Waals surface area contributed by atoms with E-state index in [1.807, 2.05) is 48.5 Å². The van der Waals surface area contributed by atoms with Crippen molar-refractivity contribution < 1.29 is 38.0 Å². The first-order chi connectivity index (χ1) is 25.8. The van der Waals surface area contributed by atoms with Crippen LogP contribution in [-0.2, 0) is 37.8 Å². The maximum Gasteiger partial charge on any atom is 0.269 e. The summed E-state index contributed by atoms with van der Waals surface area (Å²) in [4.78, 5) is 58.1. The number of para-hydroxylation sites is 2. The Labute approximate surface area is 313 Å². The van der Waals surface area contributed by atoms with Crippen LogP contribution in [0.1, 0.15) is 30.0 Å². The third-order valence-corrected chi connectivity index (χ3v) is 13.1. The van der Waals surface area contributed by atoms with Crippen molar-refractivity contribution in [2.24, 2.45) is 5.92 Å². The molecule has 280 valence electrons. The molecule has 4 aromatic rings. The van der Waals surface area contributed by atoms with Crippen LogP contribution in [0.2, 0.25) is 18.6 Å². The summed E-state index contributed by atoms with van der Waals surface area (Å²) < 4.78 is 28.9. The molecule has 0 aromatic heterocycles. The summed E-state index contributed by atoms with van der Waals surface area (Å²) in [6.07, 6.45) is -1.28. The first-order valence-electron chi connectivity index (χ1n) is 17.9. The van der Waals surface area contributed by atoms with E-state index in [2.05, 4.69) is 0 Å². The van der Waals surface area contributed by atoms with Crippen LogP contribution in [0, 0.1) is 16.0 Å². The van der Waals surface area contributed by atoms with E-state index >= 15 is 4.11 Å². The highest BCUT2D eigenvalue weighted by Gasteiger charge is 2.67. The van der Waals surface area contributed by atoms with Gasteiger partial charge >= 0.3 is 0 Å². The molecule has 1 saturated heterocycles. The molecule has 0 bridgehead atoms. The van der Waals surface area contributed by atoms with Crippen LogP contribution in [0.3, 0.4) is 0 Å². The summed E-state index contributed by atoms with van der Waals surface area (Å²) >= 11 is 0. The Kier molecular flexibility index (Phi) is 9.85. The normalized spacial score (nSPS) is 21.9. The van der Waals surface area contributed by atoms with E-state index in [9.17, 15) is 29.6 Å². The summed E-state index contributed by atoms with van der Waals surface area (Å²) in [7, 11) is -3.68. The quantitative estimate of drug-likeness (QED) is 0.0805. The minimum Gasteiger partial charge on any atom is -0.482 e. The molecule has 4 aromatic carbocycles. The second kappa shape index (κ2) is 14.4. The number of carbonyl (C=O) groups is 3. The maximum atomic E-state index is 16.5. The van der Waals surface area contributed by atoms with Crippen molar-refractivity contribution in [3.8, 4) is 5.75 Å². The fraction of sp³-hybridized carbons (Fsp3) is 0.325. The Bertz CT molecular complexity index is 2110. The number of anilines is 3. The summed E-state index contributed by atoms with van der Waals surface area (Å²) in [6.45, 7) is 4.62. The van der Waals surface area contributed by atoms with Gasteiger partial charge in [-0.3, -0.25) is 29.4 Å². The first-order valence-corrected chi connectivity index (χ1v) is 20.8. The SMILES string of the molecule is C[C@@H]1[C@@H]([Si](C)(C)F)[C@H](CC(=O)N(CCO)Cc2ccccc2)O[C@@]12C(=O)N(Cc1cccc(N3C(=O)COc4ccccc43)c1)c1ccc([N+](=O)[O-])cc12. The van der Waals surface area contributed by atoms with Crippen molar-refractivity contribution in [3.05, 3.63) is 124 Å². The van der Waals surface area contributed by atoms with Gasteiger partial charge in [-0.2, -0.15) is 0 Å². The number of halogens is 1. The monoisotopic (exact) mass is 752 g/mol. The number of amides is 3. The number of ether oxygens (including phenoxy) is 2. The van der Waals surface area contributed by atoms with Crippen molar-refractivity contribution in [2.75, 3.05) is 29.6 Å². The van der Waals surface area contributed by atoms with Crippen molar-refractivity contribution >= 4 is 48.9 Å². The number of aliphatic hydroxyl groups excluding tert-OH is 1. The number of nitro groups is 1. The number of nitro benzene ring substituents is 1. The number of hydrogen-bond donors (Lipinski definition) is 1. The molecule has 54 heavy (non-hydrogen) atoms. The number of carbonyl (C=O) groups excluding carboxylic acids is 3. The molecule has 3 heterocycles. The van der Waals surface area contributed by atoms with Gasteiger partial charge in [-0.05, 0) is 54.6 Å². The molecule has 0 aliphatic carbocycles. The Hall–Kier alpha value is -5.44. The van der Waals surface area contributed by atoms with Crippen LogP contribution in [-0.4, -0.2) is 66.9 Å². The van der Waals surface area contributed by atoms with Crippen LogP contribution < -0.4 is 14.5 Å². The lowest BCUT2D eigenvalue weighted by atomic mass is 9.82. The van der Waals surface area contributed by atoms with Crippen LogP contribution >= 0.6 is 0 Å². The second-order valence-corrected chi connectivity index (χ2v) is 18.3. The Morgan fingerprint density at radius 1 is 1.00 bits per heavy atom. The summed E-state index contributed by atoms with van der Waals surface area (Å²) in [5.74, 6) is -1.39. The lowest BCUT2D eigenvalue weighted by molar-refractivity contribution is -0.385. The number of fused-ring (bicyclic) bond motifs is 3. The highest BCUT2D eigenvalue weighted by Crippen LogP contribution is 2.60. The molecular weight excluding hydrogens is 712 g/mol. The fourth-order valence-electron chi connectivity index (χ4n) is 8.39. The van der Waals surface area contributed by atoms with Crippen molar-refractivity contribution in [3.63, 3.8) is 0 Å². The maximum absolute atomic E-state index is 16.5. The van der Waals surface area contributed by atoms with Gasteiger partial charge in [-0.1, -0.05) is 61.5 Å². The van der Waals surface area contributed by atoms with E-state index in [4.69, 9.17) is 9.47 Å². The average molecular weight is 753 g/mol. The first kappa shape index (κ1) is 36.9. The van der Waals surface area contributed by atoms with Crippen LogP contribution in [0.5, 0.6) is 5.75 Å². The van der Waals surface area contributed by atoms with Crippen LogP contribution in [0.15, 0.2) is 97.1 Å². The highest BCUT2D eigenvalue weighted by atomic mass is 28.4. The Morgan fingerprint density at radius 2 is 1.72 bits per heavy atom. The molecule has 0 radical (unpaired) electrons. The number of aliphatic hydroxyl groups is 1. The van der Waals surface area contributed by atoms with Gasteiger partial charge in [0.25, 0.3) is 17.5 Å². The number of benzene rings is 4. The van der Waals surface area contributed by atoms with Crippen molar-refractivity contribution in [1.29, 1.82) is 0 Å². The highest BCUT2D eigenvalue weighted by molar-refractivity contribution is 6.72. The van der Waals surface area contributed by atoms with Crippen LogP contribution in [0.25, 0.3) is 0 Å². The molecular formula is C40H41FN4O8Si. The van der Waals surface area contributed by atoms with E-state index in [1.54, 1.807) is 42.2 Å². The molecule has 3 aliphatic heterocycles. The molecule has 1 spiro atoms. The van der Waals surface area contributed by atoms with Gasteiger partial charge in [0.2, 0.25) is 14.3 Å². The van der Waals surface area contributed by atoms with Crippen molar-refractivity contribution in [2.45, 2.75) is 56.8 Å². The molecule has 14 heteroatoms. The molecule has 7 rings (SSSR count). The summed E-state index contributed by atoms with van der Waals surface area (Å²) in [5.41, 5.74) is 0.384. The van der Waals surface area contributed by atoms with Gasteiger partial charge in [0.1, 0.15) is 5.75 Å². The standard InChI is InChI=1S/C40H41FN4O8Si/c1-26-38(54(2,3)41)35(22-36(47)42(18-19-46)23-27-10-5-4-6-11-27)53-40(26)31-21-30(45(50)51)16-17-32(31)43(39(40)49)24-28-12-9-13-29(20-28)44-33-14-7-8-15-34(33)52-25-37(44)48/h4-17,20-21,26,35,38,46H,18-19,22-25H2,1-3H3/t26-,35+,38-,40+/m1/s1. The number of hydrogen-bond acceptors (Lipinski definition) is 8. The van der Waals surface area contributed by atoms with Gasteiger partial charge in [-0.25, -0.2) is 0 Å². The summed E-state index contributed by atoms with van der Waals surface area (Å²) in [6, 6.07) is 27.8. The zero-order chi connectivity index (χ0) is 38.4. The lowest BCUT2D eigenvalue weighted by Gasteiger charge is -2.31. The van der Waals surface area contributed by atoms with Gasteiger partial charge in [0.15, 0.2) is 12.2 Å². The number of non-ortho nitro benzene ring substituents is 1. The zero-order valence-corrected chi connectivity index (χ0v) is 31.2. The number of rotatable bonds is 11. The molecule has 1 N–H and O–H groups in total. The van der Waals surface area contributed by atoms with E-state index in [0.29, 0.717) is 28.4 Å². The predicted octanol–water partition coefficient (Wildman–Crippen LogP) is 6.38. The van der Waals surface area contributed by atoms with E-state index in [0.717, 1.165) is 5.56 Å². The second-order valence-electron chi connectivity index (χ2n) is 14.5. The Morgan fingerprint density at radius 3 is 2.44 bits per heavy atom. The molecule has 1 fully saturated rings. The van der Waals surface area contributed by atoms with Crippen molar-refractivity contribution in [1.82, 2.24) is 4.90 Å². The molecule has 0 saturated carbocycles. The van der Waals surface area contributed by atoms with Crippen LogP contribution in [0.4, 0.5) is 26.9 Å².